The maximum absolute atomic E-state index is 5.58. The summed E-state index contributed by atoms with van der Waals surface area (Å²) < 4.78 is 5.58. The molecule has 0 spiro atoms. The minimum atomic E-state index is 0. The standard InChI is InChI=1S/C11H14O.H3N/c1-9-2-6-11(7-3-9)12-8-10-4-5-10;/h2-3,6-7,10H,4-5,8H2,1H3;1H3. The first-order valence-corrected chi connectivity index (χ1v) is 4.54. The molecule has 0 bridgehead atoms. The zero-order chi connectivity index (χ0) is 8.39. The van der Waals surface area contributed by atoms with Crippen LogP contribution in [-0.2, 0) is 0 Å². The third-order valence-electron chi connectivity index (χ3n) is 2.20. The summed E-state index contributed by atoms with van der Waals surface area (Å²) in [5.41, 5.74) is 1.29. The first-order chi connectivity index (χ1) is 5.84. The molecule has 72 valence electrons. The van der Waals surface area contributed by atoms with E-state index in [9.17, 15) is 0 Å². The number of hydrogen-bond donors (Lipinski definition) is 1. The van der Waals surface area contributed by atoms with Crippen molar-refractivity contribution in [3.8, 4) is 5.75 Å². The number of rotatable bonds is 3. The summed E-state index contributed by atoms with van der Waals surface area (Å²) in [6, 6.07) is 8.25. The van der Waals surface area contributed by atoms with Gasteiger partial charge in [0, 0.05) is 0 Å². The molecule has 0 heterocycles. The van der Waals surface area contributed by atoms with E-state index in [-0.39, 0.29) is 6.15 Å². The number of hydrogen-bond acceptors (Lipinski definition) is 2. The van der Waals surface area contributed by atoms with Gasteiger partial charge in [0.1, 0.15) is 5.75 Å². The average molecular weight is 179 g/mol. The molecule has 13 heavy (non-hydrogen) atoms. The van der Waals surface area contributed by atoms with Gasteiger partial charge in [-0.2, -0.15) is 0 Å². The van der Waals surface area contributed by atoms with Gasteiger partial charge in [-0.15, -0.1) is 0 Å². The van der Waals surface area contributed by atoms with Gasteiger partial charge in [-0.3, -0.25) is 0 Å². The highest BCUT2D eigenvalue weighted by Gasteiger charge is 2.21. The van der Waals surface area contributed by atoms with Crippen LogP contribution in [0.5, 0.6) is 5.75 Å². The average Bonchev–Trinajstić information content (AvgIpc) is 2.87. The van der Waals surface area contributed by atoms with Crippen molar-refractivity contribution < 1.29 is 4.74 Å². The quantitative estimate of drug-likeness (QED) is 0.775. The smallest absolute Gasteiger partial charge is 0.119 e. The van der Waals surface area contributed by atoms with Crippen LogP contribution in [0.25, 0.3) is 0 Å². The van der Waals surface area contributed by atoms with Crippen molar-refractivity contribution >= 4 is 0 Å². The lowest BCUT2D eigenvalue weighted by atomic mass is 10.2. The molecule has 1 saturated carbocycles. The van der Waals surface area contributed by atoms with Gasteiger partial charge < -0.3 is 10.9 Å². The van der Waals surface area contributed by atoms with Gasteiger partial charge in [-0.1, -0.05) is 17.7 Å². The second-order valence-electron chi connectivity index (χ2n) is 3.57. The highest BCUT2D eigenvalue weighted by molar-refractivity contribution is 5.26. The Morgan fingerprint density at radius 1 is 1.23 bits per heavy atom. The first-order valence-electron chi connectivity index (χ1n) is 4.54. The highest BCUT2D eigenvalue weighted by atomic mass is 16.5. The fourth-order valence-electron chi connectivity index (χ4n) is 1.13. The highest BCUT2D eigenvalue weighted by Crippen LogP contribution is 2.29. The van der Waals surface area contributed by atoms with Crippen LogP contribution in [0.3, 0.4) is 0 Å². The molecule has 0 atom stereocenters. The molecule has 0 unspecified atom stereocenters. The summed E-state index contributed by atoms with van der Waals surface area (Å²) in [6.07, 6.45) is 2.71. The van der Waals surface area contributed by atoms with E-state index in [2.05, 4.69) is 19.1 Å². The minimum absolute atomic E-state index is 0. The molecule has 0 aliphatic heterocycles. The van der Waals surface area contributed by atoms with Crippen molar-refractivity contribution in [2.45, 2.75) is 19.8 Å². The van der Waals surface area contributed by atoms with E-state index >= 15 is 0 Å². The lowest BCUT2D eigenvalue weighted by Crippen LogP contribution is -1.98. The van der Waals surface area contributed by atoms with Gasteiger partial charge in [0.15, 0.2) is 0 Å². The van der Waals surface area contributed by atoms with Crippen molar-refractivity contribution in [2.24, 2.45) is 5.92 Å². The van der Waals surface area contributed by atoms with Gasteiger partial charge in [0.25, 0.3) is 0 Å². The first kappa shape index (κ1) is 10.1. The predicted octanol–water partition coefficient (Wildman–Crippen LogP) is 2.95. The molecule has 2 nitrogen and oxygen atoms in total. The zero-order valence-corrected chi connectivity index (χ0v) is 8.12. The molecular formula is C11H17NO. The van der Waals surface area contributed by atoms with Gasteiger partial charge in [-0.25, -0.2) is 0 Å². The van der Waals surface area contributed by atoms with Crippen molar-refractivity contribution in [1.82, 2.24) is 6.15 Å². The summed E-state index contributed by atoms with van der Waals surface area (Å²) >= 11 is 0. The van der Waals surface area contributed by atoms with Crippen LogP contribution < -0.4 is 10.9 Å². The lowest BCUT2D eigenvalue weighted by Gasteiger charge is -2.04. The van der Waals surface area contributed by atoms with E-state index in [1.165, 1.54) is 18.4 Å². The monoisotopic (exact) mass is 179 g/mol. The summed E-state index contributed by atoms with van der Waals surface area (Å²) in [7, 11) is 0. The molecular weight excluding hydrogens is 162 g/mol. The van der Waals surface area contributed by atoms with E-state index in [0.717, 1.165) is 18.3 Å². The molecule has 1 aromatic rings. The van der Waals surface area contributed by atoms with E-state index in [1.807, 2.05) is 12.1 Å². The molecule has 2 rings (SSSR count). The van der Waals surface area contributed by atoms with Crippen LogP contribution in [-0.4, -0.2) is 6.61 Å². The van der Waals surface area contributed by atoms with Crippen LogP contribution in [0.15, 0.2) is 24.3 Å². The maximum atomic E-state index is 5.58. The Kier molecular flexibility index (Phi) is 3.32. The van der Waals surface area contributed by atoms with E-state index < -0.39 is 0 Å². The Morgan fingerprint density at radius 3 is 2.38 bits per heavy atom. The van der Waals surface area contributed by atoms with E-state index in [1.54, 1.807) is 0 Å². The molecule has 0 saturated heterocycles. The van der Waals surface area contributed by atoms with E-state index in [4.69, 9.17) is 4.74 Å². The van der Waals surface area contributed by atoms with Crippen LogP contribution in [0.1, 0.15) is 18.4 Å². The molecule has 1 fully saturated rings. The molecule has 0 aromatic heterocycles. The molecule has 0 amide bonds. The van der Waals surface area contributed by atoms with Crippen molar-refractivity contribution in [3.05, 3.63) is 29.8 Å². The minimum Gasteiger partial charge on any atom is -0.493 e. The summed E-state index contributed by atoms with van der Waals surface area (Å²) in [4.78, 5) is 0. The molecule has 1 aliphatic rings. The Labute approximate surface area is 79.5 Å². The van der Waals surface area contributed by atoms with Crippen molar-refractivity contribution in [3.63, 3.8) is 0 Å². The summed E-state index contributed by atoms with van der Waals surface area (Å²) in [5, 5.41) is 0. The van der Waals surface area contributed by atoms with Gasteiger partial charge in [-0.05, 0) is 37.8 Å². The van der Waals surface area contributed by atoms with Crippen molar-refractivity contribution in [2.75, 3.05) is 6.61 Å². The van der Waals surface area contributed by atoms with Gasteiger partial charge >= 0.3 is 0 Å². The number of benzene rings is 1. The molecule has 1 aliphatic carbocycles. The van der Waals surface area contributed by atoms with Crippen LogP contribution in [0.2, 0.25) is 0 Å². The Balaban J connectivity index is 0.000000845. The normalized spacial score (nSPS) is 14.8. The predicted molar refractivity (Wildman–Crippen MR) is 54.4 cm³/mol. The van der Waals surface area contributed by atoms with Crippen LogP contribution >= 0.6 is 0 Å². The topological polar surface area (TPSA) is 44.2 Å². The number of aryl methyl sites for hydroxylation is 1. The largest absolute Gasteiger partial charge is 0.493 e. The van der Waals surface area contributed by atoms with Crippen LogP contribution in [0, 0.1) is 12.8 Å². The summed E-state index contributed by atoms with van der Waals surface area (Å²) in [5.74, 6) is 1.85. The maximum Gasteiger partial charge on any atom is 0.119 e. The van der Waals surface area contributed by atoms with Crippen LogP contribution in [0.4, 0.5) is 0 Å². The van der Waals surface area contributed by atoms with E-state index in [0.29, 0.717) is 0 Å². The SMILES string of the molecule is Cc1ccc(OCC2CC2)cc1.N. The second kappa shape index (κ2) is 4.28. The third-order valence-corrected chi connectivity index (χ3v) is 2.20. The Bertz CT molecular complexity index is 251. The molecule has 0 radical (unpaired) electrons. The fraction of sp³-hybridized carbons (Fsp3) is 0.455. The Morgan fingerprint density at radius 2 is 1.85 bits per heavy atom. The molecule has 1 aromatic carbocycles. The van der Waals surface area contributed by atoms with Gasteiger partial charge in [0.2, 0.25) is 0 Å². The zero-order valence-electron chi connectivity index (χ0n) is 8.12. The van der Waals surface area contributed by atoms with Crippen molar-refractivity contribution in [1.29, 1.82) is 0 Å². The summed E-state index contributed by atoms with van der Waals surface area (Å²) in [6.45, 7) is 2.99. The molecule has 2 heteroatoms. The van der Waals surface area contributed by atoms with Gasteiger partial charge in [0.05, 0.1) is 6.61 Å². The number of ether oxygens (including phenoxy) is 1. The molecule has 3 N–H and O–H groups in total. The second-order valence-corrected chi connectivity index (χ2v) is 3.57. The fourth-order valence-corrected chi connectivity index (χ4v) is 1.13. The lowest BCUT2D eigenvalue weighted by molar-refractivity contribution is 0.300. The Hall–Kier alpha value is -1.02. The third kappa shape index (κ3) is 3.07.